The van der Waals surface area contributed by atoms with Crippen molar-refractivity contribution >= 4 is 35.0 Å². The Hall–Kier alpha value is -2.73. The number of carbonyl (C=O) groups excluding carboxylic acids is 1. The van der Waals surface area contributed by atoms with Crippen molar-refractivity contribution in [2.45, 2.75) is 13.8 Å². The van der Waals surface area contributed by atoms with Crippen LogP contribution in [0.15, 0.2) is 54.6 Å². The van der Waals surface area contributed by atoms with Gasteiger partial charge in [-0.05, 0) is 54.0 Å². The van der Waals surface area contributed by atoms with Gasteiger partial charge in [-0.3, -0.25) is 10.1 Å². The van der Waals surface area contributed by atoms with Crippen LogP contribution < -0.4 is 15.4 Å². The number of benzene rings is 2. The van der Waals surface area contributed by atoms with E-state index in [0.717, 1.165) is 17.0 Å². The van der Waals surface area contributed by atoms with Crippen LogP contribution in [0.5, 0.6) is 5.75 Å². The fraction of sp³-hybridized carbons (Fsp3) is 0.200. The molecule has 0 aliphatic heterocycles. The molecule has 4 nitrogen and oxygen atoms in total. The number of anilines is 1. The first-order valence-corrected chi connectivity index (χ1v) is 8.61. The van der Waals surface area contributed by atoms with Crippen LogP contribution in [0.2, 0.25) is 0 Å². The summed E-state index contributed by atoms with van der Waals surface area (Å²) in [5, 5.41) is 5.68. The average molecular weight is 372 g/mol. The van der Waals surface area contributed by atoms with Crippen molar-refractivity contribution in [2.75, 3.05) is 11.9 Å². The molecular weight excluding hydrogens is 351 g/mol. The Morgan fingerprint density at radius 2 is 1.96 bits per heavy atom. The molecule has 0 fully saturated rings. The van der Waals surface area contributed by atoms with Gasteiger partial charge in [0.1, 0.15) is 11.6 Å². The molecule has 0 bridgehead atoms. The summed E-state index contributed by atoms with van der Waals surface area (Å²) in [6.07, 6.45) is 2.92. The molecule has 2 aromatic rings. The van der Waals surface area contributed by atoms with Crippen LogP contribution in [0.3, 0.4) is 0 Å². The summed E-state index contributed by atoms with van der Waals surface area (Å²) in [6, 6.07) is 13.2. The summed E-state index contributed by atoms with van der Waals surface area (Å²) >= 11 is 5.14. The first-order chi connectivity index (χ1) is 12.4. The van der Waals surface area contributed by atoms with E-state index in [2.05, 4.69) is 24.5 Å². The number of hydrogen-bond donors (Lipinski definition) is 2. The van der Waals surface area contributed by atoms with Gasteiger partial charge in [-0.25, -0.2) is 4.39 Å². The van der Waals surface area contributed by atoms with Crippen molar-refractivity contribution in [3.8, 4) is 5.75 Å². The highest BCUT2D eigenvalue weighted by Gasteiger charge is 2.04. The Labute approximate surface area is 158 Å². The number of nitrogens with one attached hydrogen (secondary N) is 2. The second-order valence-corrected chi connectivity index (χ2v) is 6.47. The van der Waals surface area contributed by atoms with E-state index in [1.54, 1.807) is 18.2 Å². The molecule has 0 saturated heterocycles. The molecule has 26 heavy (non-hydrogen) atoms. The molecule has 2 aromatic carbocycles. The predicted octanol–water partition coefficient (Wildman–Crippen LogP) is 4.39. The minimum atomic E-state index is -0.376. The summed E-state index contributed by atoms with van der Waals surface area (Å²) in [7, 11) is 0. The fourth-order valence-corrected chi connectivity index (χ4v) is 2.21. The minimum absolute atomic E-state index is 0.180. The molecule has 1 amide bonds. The SMILES string of the molecule is CC(C)COc1cccc(NC(=S)NC(=O)/C=C/c2ccc(F)cc2)c1. The topological polar surface area (TPSA) is 50.4 Å². The number of amides is 1. The normalized spacial score (nSPS) is 10.8. The van der Waals surface area contributed by atoms with E-state index >= 15 is 0 Å². The van der Waals surface area contributed by atoms with Crippen LogP contribution in [-0.4, -0.2) is 17.6 Å². The molecule has 2 N–H and O–H groups in total. The van der Waals surface area contributed by atoms with Crippen molar-refractivity contribution in [3.63, 3.8) is 0 Å². The zero-order chi connectivity index (χ0) is 18.9. The third-order valence-corrected chi connectivity index (χ3v) is 3.41. The van der Waals surface area contributed by atoms with Gasteiger partial charge in [-0.1, -0.05) is 32.0 Å². The van der Waals surface area contributed by atoms with Gasteiger partial charge in [0.15, 0.2) is 5.11 Å². The molecule has 136 valence electrons. The maximum Gasteiger partial charge on any atom is 0.250 e. The number of rotatable bonds is 6. The van der Waals surface area contributed by atoms with Gasteiger partial charge in [0.2, 0.25) is 5.91 Å². The standard InChI is InChI=1S/C20H21FN2O2S/c1-14(2)13-25-18-5-3-4-17(12-18)22-20(26)23-19(24)11-8-15-6-9-16(21)10-7-15/h3-12,14H,13H2,1-2H3,(H2,22,23,24,26)/b11-8+. The predicted molar refractivity (Wildman–Crippen MR) is 107 cm³/mol. The molecule has 0 radical (unpaired) electrons. The lowest BCUT2D eigenvalue weighted by molar-refractivity contribution is -0.115. The quantitative estimate of drug-likeness (QED) is 0.583. The Bertz CT molecular complexity index is 789. The summed E-state index contributed by atoms with van der Waals surface area (Å²) in [5.74, 6) is 0.463. The van der Waals surface area contributed by atoms with E-state index in [1.165, 1.54) is 18.2 Å². The Morgan fingerprint density at radius 3 is 2.65 bits per heavy atom. The Balaban J connectivity index is 1.86. The van der Waals surface area contributed by atoms with E-state index in [-0.39, 0.29) is 16.8 Å². The molecular formula is C20H21FN2O2S. The van der Waals surface area contributed by atoms with Crippen LogP contribution in [0.4, 0.5) is 10.1 Å². The Morgan fingerprint density at radius 1 is 1.23 bits per heavy atom. The van der Waals surface area contributed by atoms with Crippen molar-refractivity contribution in [1.29, 1.82) is 0 Å². The van der Waals surface area contributed by atoms with Gasteiger partial charge >= 0.3 is 0 Å². The zero-order valence-electron chi connectivity index (χ0n) is 14.7. The number of thiocarbonyl (C=S) groups is 1. The molecule has 0 spiro atoms. The van der Waals surface area contributed by atoms with Crippen LogP contribution in [0, 0.1) is 11.7 Å². The third kappa shape index (κ3) is 7.03. The van der Waals surface area contributed by atoms with Gasteiger partial charge < -0.3 is 10.1 Å². The maximum absolute atomic E-state index is 12.8. The van der Waals surface area contributed by atoms with Gasteiger partial charge in [-0.15, -0.1) is 0 Å². The van der Waals surface area contributed by atoms with E-state index in [9.17, 15) is 9.18 Å². The summed E-state index contributed by atoms with van der Waals surface area (Å²) in [5.41, 5.74) is 1.44. The van der Waals surface area contributed by atoms with Gasteiger partial charge in [0, 0.05) is 17.8 Å². The lowest BCUT2D eigenvalue weighted by atomic mass is 10.2. The summed E-state index contributed by atoms with van der Waals surface area (Å²) in [6.45, 7) is 4.78. The van der Waals surface area contributed by atoms with Crippen LogP contribution in [0.1, 0.15) is 19.4 Å². The second kappa shape index (κ2) is 9.68. The highest BCUT2D eigenvalue weighted by Crippen LogP contribution is 2.18. The number of halogens is 1. The van der Waals surface area contributed by atoms with Crippen molar-refractivity contribution < 1.29 is 13.9 Å². The average Bonchev–Trinajstić information content (AvgIpc) is 2.59. The minimum Gasteiger partial charge on any atom is -0.493 e. The lowest BCUT2D eigenvalue weighted by Gasteiger charge is -2.12. The molecule has 0 unspecified atom stereocenters. The van der Waals surface area contributed by atoms with Crippen LogP contribution >= 0.6 is 12.2 Å². The zero-order valence-corrected chi connectivity index (χ0v) is 15.5. The first-order valence-electron chi connectivity index (χ1n) is 8.21. The molecule has 0 saturated carbocycles. The second-order valence-electron chi connectivity index (χ2n) is 6.06. The van der Waals surface area contributed by atoms with E-state index < -0.39 is 0 Å². The molecule has 0 aliphatic carbocycles. The van der Waals surface area contributed by atoms with Crippen molar-refractivity contribution in [3.05, 3.63) is 66.0 Å². The fourth-order valence-electron chi connectivity index (χ4n) is 1.99. The molecule has 2 rings (SSSR count). The Kier molecular flexibility index (Phi) is 7.29. The van der Waals surface area contributed by atoms with Gasteiger partial charge in [0.25, 0.3) is 0 Å². The van der Waals surface area contributed by atoms with Crippen LogP contribution in [0.25, 0.3) is 6.08 Å². The van der Waals surface area contributed by atoms with Crippen molar-refractivity contribution in [1.82, 2.24) is 5.32 Å². The molecule has 0 aromatic heterocycles. The number of ether oxygens (including phenoxy) is 1. The maximum atomic E-state index is 12.8. The molecule has 6 heteroatoms. The van der Waals surface area contributed by atoms with E-state index in [0.29, 0.717) is 12.5 Å². The molecule has 0 heterocycles. The van der Waals surface area contributed by atoms with Gasteiger partial charge in [0.05, 0.1) is 6.61 Å². The van der Waals surface area contributed by atoms with Crippen molar-refractivity contribution in [2.24, 2.45) is 5.92 Å². The monoisotopic (exact) mass is 372 g/mol. The highest BCUT2D eigenvalue weighted by atomic mass is 32.1. The lowest BCUT2D eigenvalue weighted by Crippen LogP contribution is -2.32. The largest absolute Gasteiger partial charge is 0.493 e. The first kappa shape index (κ1) is 19.6. The molecule has 0 atom stereocenters. The summed E-state index contributed by atoms with van der Waals surface area (Å²) < 4.78 is 18.5. The molecule has 0 aliphatic rings. The van der Waals surface area contributed by atoms with Gasteiger partial charge in [-0.2, -0.15) is 0 Å². The van der Waals surface area contributed by atoms with E-state index in [4.69, 9.17) is 17.0 Å². The smallest absolute Gasteiger partial charge is 0.250 e. The number of carbonyl (C=O) groups is 1. The van der Waals surface area contributed by atoms with E-state index in [1.807, 2.05) is 24.3 Å². The van der Waals surface area contributed by atoms with Crippen LogP contribution in [-0.2, 0) is 4.79 Å². The number of hydrogen-bond acceptors (Lipinski definition) is 3. The summed E-state index contributed by atoms with van der Waals surface area (Å²) in [4.78, 5) is 11.9. The third-order valence-electron chi connectivity index (χ3n) is 3.21. The highest BCUT2D eigenvalue weighted by molar-refractivity contribution is 7.80.